The molecule has 0 aliphatic heterocycles. The first-order chi connectivity index (χ1) is 10.1. The molecule has 0 amide bonds. The largest absolute Gasteiger partial charge is 0.399 e. The summed E-state index contributed by atoms with van der Waals surface area (Å²) >= 11 is 0. The minimum Gasteiger partial charge on any atom is -0.399 e. The Bertz CT molecular complexity index is 600. The van der Waals surface area contributed by atoms with E-state index >= 15 is 0 Å². The molecule has 112 valence electrons. The van der Waals surface area contributed by atoms with Crippen LogP contribution in [0.4, 0.5) is 11.4 Å². The molecule has 2 unspecified atom stereocenters. The monoisotopic (exact) mass is 286 g/mol. The Morgan fingerprint density at radius 2 is 1.95 bits per heavy atom. The maximum Gasteiger partial charge on any atom is 0.182 e. The molecule has 6 heteroatoms. The average Bonchev–Trinajstić information content (AvgIpc) is 2.85. The molecule has 1 aliphatic rings. The summed E-state index contributed by atoms with van der Waals surface area (Å²) in [4.78, 5) is 0. The van der Waals surface area contributed by atoms with Crippen molar-refractivity contribution in [3.63, 3.8) is 0 Å². The SMILES string of the molecule is CC1CCCC(Cn2nnnc2-c2cc(N)cc(N)c2)C1. The summed E-state index contributed by atoms with van der Waals surface area (Å²) in [6, 6.07) is 5.46. The van der Waals surface area contributed by atoms with Gasteiger partial charge in [-0.25, -0.2) is 4.68 Å². The van der Waals surface area contributed by atoms with E-state index in [4.69, 9.17) is 11.5 Å². The quantitative estimate of drug-likeness (QED) is 0.844. The number of tetrazole rings is 1. The average molecular weight is 286 g/mol. The van der Waals surface area contributed by atoms with Gasteiger partial charge in [0.25, 0.3) is 0 Å². The van der Waals surface area contributed by atoms with Gasteiger partial charge >= 0.3 is 0 Å². The summed E-state index contributed by atoms with van der Waals surface area (Å²) in [6.45, 7) is 3.19. The Kier molecular flexibility index (Phi) is 3.77. The van der Waals surface area contributed by atoms with Crippen LogP contribution in [-0.2, 0) is 6.54 Å². The third-order valence-corrected chi connectivity index (χ3v) is 4.24. The zero-order valence-corrected chi connectivity index (χ0v) is 12.4. The van der Waals surface area contributed by atoms with Gasteiger partial charge in [0.15, 0.2) is 5.82 Å². The molecule has 0 bridgehead atoms. The summed E-state index contributed by atoms with van der Waals surface area (Å²) in [5.41, 5.74) is 13.9. The first-order valence-corrected chi connectivity index (χ1v) is 7.54. The number of nitrogens with two attached hydrogens (primary N) is 2. The van der Waals surface area contributed by atoms with Crippen LogP contribution in [0.1, 0.15) is 32.6 Å². The molecule has 1 saturated carbocycles. The number of hydrogen-bond acceptors (Lipinski definition) is 5. The zero-order chi connectivity index (χ0) is 14.8. The molecular formula is C15H22N6. The minimum absolute atomic E-state index is 0.630. The Hall–Kier alpha value is -2.11. The third-order valence-electron chi connectivity index (χ3n) is 4.24. The first-order valence-electron chi connectivity index (χ1n) is 7.54. The number of benzene rings is 1. The van der Waals surface area contributed by atoms with Crippen molar-refractivity contribution < 1.29 is 0 Å². The van der Waals surface area contributed by atoms with Crippen molar-refractivity contribution in [3.05, 3.63) is 18.2 Å². The minimum atomic E-state index is 0.630. The van der Waals surface area contributed by atoms with Crippen molar-refractivity contribution in [1.82, 2.24) is 20.2 Å². The summed E-state index contributed by atoms with van der Waals surface area (Å²) in [5, 5.41) is 12.1. The lowest BCUT2D eigenvalue weighted by Gasteiger charge is -2.26. The molecule has 1 aromatic heterocycles. The van der Waals surface area contributed by atoms with Gasteiger partial charge in [-0.2, -0.15) is 0 Å². The highest BCUT2D eigenvalue weighted by molar-refractivity contribution is 5.67. The number of nitrogens with zero attached hydrogens (tertiary/aromatic N) is 4. The number of anilines is 2. The molecule has 6 nitrogen and oxygen atoms in total. The van der Waals surface area contributed by atoms with Gasteiger partial charge in [0.05, 0.1) is 0 Å². The van der Waals surface area contributed by atoms with E-state index < -0.39 is 0 Å². The fourth-order valence-electron chi connectivity index (χ4n) is 3.31. The van der Waals surface area contributed by atoms with Crippen LogP contribution in [0.3, 0.4) is 0 Å². The summed E-state index contributed by atoms with van der Waals surface area (Å²) < 4.78 is 1.89. The van der Waals surface area contributed by atoms with Crippen molar-refractivity contribution in [2.24, 2.45) is 11.8 Å². The van der Waals surface area contributed by atoms with Crippen LogP contribution in [0.25, 0.3) is 11.4 Å². The third kappa shape index (κ3) is 3.15. The van der Waals surface area contributed by atoms with Gasteiger partial charge < -0.3 is 11.5 Å². The predicted molar refractivity (Wildman–Crippen MR) is 83.2 cm³/mol. The van der Waals surface area contributed by atoms with Crippen LogP contribution >= 0.6 is 0 Å². The molecule has 2 aromatic rings. The summed E-state index contributed by atoms with van der Waals surface area (Å²) in [7, 11) is 0. The van der Waals surface area contributed by atoms with E-state index in [1.165, 1.54) is 25.7 Å². The second-order valence-electron chi connectivity index (χ2n) is 6.21. The van der Waals surface area contributed by atoms with Crippen LogP contribution in [0, 0.1) is 11.8 Å². The second-order valence-corrected chi connectivity index (χ2v) is 6.21. The molecule has 21 heavy (non-hydrogen) atoms. The number of rotatable bonds is 3. The molecule has 1 aliphatic carbocycles. The molecular weight excluding hydrogens is 264 g/mol. The molecule has 1 fully saturated rings. The number of nitrogen functional groups attached to an aromatic ring is 2. The lowest BCUT2D eigenvalue weighted by molar-refractivity contribution is 0.249. The van der Waals surface area contributed by atoms with Gasteiger partial charge in [-0.05, 0) is 53.3 Å². The van der Waals surface area contributed by atoms with E-state index in [9.17, 15) is 0 Å². The fraction of sp³-hybridized carbons (Fsp3) is 0.533. The zero-order valence-electron chi connectivity index (χ0n) is 12.4. The lowest BCUT2D eigenvalue weighted by atomic mass is 9.82. The summed E-state index contributed by atoms with van der Waals surface area (Å²) in [5.74, 6) is 2.19. The Morgan fingerprint density at radius 1 is 1.19 bits per heavy atom. The van der Waals surface area contributed by atoms with Crippen molar-refractivity contribution in [1.29, 1.82) is 0 Å². The van der Waals surface area contributed by atoms with E-state index in [0.717, 1.165) is 23.9 Å². The van der Waals surface area contributed by atoms with E-state index in [0.29, 0.717) is 17.3 Å². The van der Waals surface area contributed by atoms with Crippen LogP contribution in [0.2, 0.25) is 0 Å². The molecule has 4 N–H and O–H groups in total. The van der Waals surface area contributed by atoms with Gasteiger partial charge in [-0.1, -0.05) is 19.8 Å². The van der Waals surface area contributed by atoms with Gasteiger partial charge in [-0.15, -0.1) is 5.10 Å². The topological polar surface area (TPSA) is 95.6 Å². The van der Waals surface area contributed by atoms with Crippen LogP contribution in [-0.4, -0.2) is 20.2 Å². The van der Waals surface area contributed by atoms with Crippen molar-refractivity contribution in [2.75, 3.05) is 11.5 Å². The molecule has 1 aromatic carbocycles. The van der Waals surface area contributed by atoms with Crippen molar-refractivity contribution >= 4 is 11.4 Å². The highest BCUT2D eigenvalue weighted by atomic mass is 15.5. The normalized spacial score (nSPS) is 22.3. The van der Waals surface area contributed by atoms with Gasteiger partial charge in [0, 0.05) is 23.5 Å². The smallest absolute Gasteiger partial charge is 0.182 e. The van der Waals surface area contributed by atoms with Crippen molar-refractivity contribution in [3.8, 4) is 11.4 Å². The van der Waals surface area contributed by atoms with Crippen molar-refractivity contribution in [2.45, 2.75) is 39.2 Å². The van der Waals surface area contributed by atoms with E-state index in [1.807, 2.05) is 16.8 Å². The number of aromatic nitrogens is 4. The first kappa shape index (κ1) is 13.9. The highest BCUT2D eigenvalue weighted by Crippen LogP contribution is 2.30. The van der Waals surface area contributed by atoms with Crippen LogP contribution < -0.4 is 11.5 Å². The Balaban J connectivity index is 1.83. The second kappa shape index (κ2) is 5.71. The van der Waals surface area contributed by atoms with E-state index in [2.05, 4.69) is 22.4 Å². The molecule has 0 radical (unpaired) electrons. The molecule has 0 saturated heterocycles. The number of hydrogen-bond donors (Lipinski definition) is 2. The van der Waals surface area contributed by atoms with E-state index in [-0.39, 0.29) is 0 Å². The maximum atomic E-state index is 5.86. The standard InChI is InChI=1S/C15H22N6/c1-10-3-2-4-11(5-10)9-21-15(18-19-20-21)12-6-13(16)8-14(17)7-12/h6-8,10-11H,2-5,9,16-17H2,1H3. The lowest BCUT2D eigenvalue weighted by Crippen LogP contribution is -2.19. The van der Waals surface area contributed by atoms with Crippen LogP contribution in [0.5, 0.6) is 0 Å². The molecule has 1 heterocycles. The van der Waals surface area contributed by atoms with Crippen LogP contribution in [0.15, 0.2) is 18.2 Å². The molecule has 3 rings (SSSR count). The predicted octanol–water partition coefficient (Wildman–Crippen LogP) is 2.33. The van der Waals surface area contributed by atoms with Gasteiger partial charge in [-0.3, -0.25) is 0 Å². The molecule has 0 spiro atoms. The Labute approximate surface area is 124 Å². The maximum absolute atomic E-state index is 5.86. The van der Waals surface area contributed by atoms with E-state index in [1.54, 1.807) is 6.07 Å². The van der Waals surface area contributed by atoms with Gasteiger partial charge in [0.1, 0.15) is 0 Å². The highest BCUT2D eigenvalue weighted by Gasteiger charge is 2.21. The fourth-order valence-corrected chi connectivity index (χ4v) is 3.31. The summed E-state index contributed by atoms with van der Waals surface area (Å²) in [6.07, 6.45) is 5.14. The van der Waals surface area contributed by atoms with Gasteiger partial charge in [0.2, 0.25) is 0 Å². The molecule has 2 atom stereocenters. The Morgan fingerprint density at radius 3 is 2.67 bits per heavy atom.